The van der Waals surface area contributed by atoms with Gasteiger partial charge in [0.05, 0.1) is 4.83 Å². The number of hydrogen-bond donors (Lipinski definition) is 1. The molecule has 13 heavy (non-hydrogen) atoms. The summed E-state index contributed by atoms with van der Waals surface area (Å²) in [5.74, 6) is 0.0737. The minimum absolute atomic E-state index is 0.0208. The lowest BCUT2D eigenvalue weighted by Gasteiger charge is -2.08. The zero-order valence-corrected chi connectivity index (χ0v) is 9.26. The van der Waals surface area contributed by atoms with E-state index in [1.807, 2.05) is 0 Å². The molecule has 0 saturated heterocycles. The van der Waals surface area contributed by atoms with Gasteiger partial charge in [0.25, 0.3) is 0 Å². The summed E-state index contributed by atoms with van der Waals surface area (Å²) in [5, 5.41) is 9.46. The minimum Gasteiger partial charge on any atom is -0.508 e. The van der Waals surface area contributed by atoms with Crippen molar-refractivity contribution in [1.82, 2.24) is 0 Å². The first-order valence-corrected chi connectivity index (χ1v) is 4.94. The van der Waals surface area contributed by atoms with Gasteiger partial charge in [0, 0.05) is 5.02 Å². The molecule has 0 bridgehead atoms. The molecule has 0 aliphatic heterocycles. The summed E-state index contributed by atoms with van der Waals surface area (Å²) in [6.07, 6.45) is 0. The molecule has 0 amide bonds. The number of carbonyl (C=O) groups is 1. The molecule has 1 unspecified atom stereocenters. The average molecular weight is 264 g/mol. The number of hydrogen-bond acceptors (Lipinski definition) is 2. The zero-order valence-electron chi connectivity index (χ0n) is 6.92. The van der Waals surface area contributed by atoms with Crippen LogP contribution in [0.25, 0.3) is 0 Å². The Bertz CT molecular complexity index is 338. The van der Waals surface area contributed by atoms with Gasteiger partial charge in [-0.3, -0.25) is 4.79 Å². The summed E-state index contributed by atoms with van der Waals surface area (Å²) >= 11 is 9.04. The molecule has 0 aliphatic rings. The first-order chi connectivity index (χ1) is 6.02. The van der Waals surface area contributed by atoms with Gasteiger partial charge in [-0.1, -0.05) is 33.6 Å². The number of carbonyl (C=O) groups excluding carboxylic acids is 1. The predicted octanol–water partition coefficient (Wildman–Crippen LogP) is 3.07. The number of rotatable bonds is 2. The molecular weight excluding hydrogens is 255 g/mol. The Kier molecular flexibility index (Phi) is 3.33. The molecule has 1 rings (SSSR count). The van der Waals surface area contributed by atoms with Crippen LogP contribution in [0.1, 0.15) is 17.3 Å². The highest BCUT2D eigenvalue weighted by molar-refractivity contribution is 9.09. The molecule has 0 fully saturated rings. The minimum atomic E-state index is -0.402. The van der Waals surface area contributed by atoms with Gasteiger partial charge in [-0.05, 0) is 24.6 Å². The van der Waals surface area contributed by atoms with Gasteiger partial charge in [-0.2, -0.15) is 0 Å². The Morgan fingerprint density at radius 3 is 2.69 bits per heavy atom. The van der Waals surface area contributed by atoms with E-state index in [0.717, 1.165) is 0 Å². The van der Waals surface area contributed by atoms with Crippen LogP contribution in [0.2, 0.25) is 5.02 Å². The van der Waals surface area contributed by atoms with Crippen molar-refractivity contribution < 1.29 is 9.90 Å². The van der Waals surface area contributed by atoms with Crippen molar-refractivity contribution in [3.05, 3.63) is 28.8 Å². The van der Waals surface area contributed by atoms with Gasteiger partial charge in [-0.25, -0.2) is 0 Å². The molecule has 0 aliphatic carbocycles. The Labute approximate surface area is 89.7 Å². The summed E-state index contributed by atoms with van der Waals surface area (Å²) < 4.78 is 0. The van der Waals surface area contributed by atoms with Gasteiger partial charge in [0.1, 0.15) is 11.5 Å². The average Bonchev–Trinajstić information content (AvgIpc) is 2.03. The maximum Gasteiger partial charge on any atom is 0.147 e. The van der Waals surface area contributed by atoms with Crippen LogP contribution in [0.15, 0.2) is 18.2 Å². The van der Waals surface area contributed by atoms with Gasteiger partial charge in [0.15, 0.2) is 0 Å². The highest BCUT2D eigenvalue weighted by atomic mass is 79.9. The molecule has 1 aromatic carbocycles. The van der Waals surface area contributed by atoms with Crippen molar-refractivity contribution >= 4 is 33.3 Å². The van der Waals surface area contributed by atoms with E-state index < -0.39 is 4.83 Å². The molecule has 1 N–H and O–H groups in total. The quantitative estimate of drug-likeness (QED) is 0.833. The van der Waals surface area contributed by atoms with Gasteiger partial charge >= 0.3 is 0 Å². The van der Waals surface area contributed by atoms with E-state index in [0.29, 0.717) is 10.6 Å². The SMILES string of the molecule is CC(=O)C(Br)c1ccc(O)cc1Cl. The Hall–Kier alpha value is -0.540. The van der Waals surface area contributed by atoms with Crippen molar-refractivity contribution in [2.75, 3.05) is 0 Å². The van der Waals surface area contributed by atoms with Crippen LogP contribution in [-0.2, 0) is 4.79 Å². The third-order valence-electron chi connectivity index (χ3n) is 1.61. The number of benzene rings is 1. The highest BCUT2D eigenvalue weighted by Gasteiger charge is 2.15. The van der Waals surface area contributed by atoms with Crippen LogP contribution in [0.3, 0.4) is 0 Å². The topological polar surface area (TPSA) is 37.3 Å². The lowest BCUT2D eigenvalue weighted by molar-refractivity contribution is -0.116. The number of aromatic hydroxyl groups is 1. The first kappa shape index (κ1) is 10.5. The summed E-state index contributed by atoms with van der Waals surface area (Å²) in [4.78, 5) is 10.6. The van der Waals surface area contributed by atoms with Gasteiger partial charge in [0.2, 0.25) is 0 Å². The van der Waals surface area contributed by atoms with E-state index in [4.69, 9.17) is 16.7 Å². The molecule has 4 heteroatoms. The lowest BCUT2D eigenvalue weighted by Crippen LogP contribution is -2.01. The number of ketones is 1. The van der Waals surface area contributed by atoms with E-state index in [-0.39, 0.29) is 11.5 Å². The van der Waals surface area contributed by atoms with Gasteiger partial charge in [-0.15, -0.1) is 0 Å². The predicted molar refractivity (Wildman–Crippen MR) is 55.5 cm³/mol. The smallest absolute Gasteiger partial charge is 0.147 e. The number of halogens is 2. The number of alkyl halides is 1. The summed E-state index contributed by atoms with van der Waals surface area (Å²) in [5.41, 5.74) is 0.673. The molecule has 1 aromatic rings. The van der Waals surface area contributed by atoms with E-state index in [9.17, 15) is 4.79 Å². The molecule has 1 atom stereocenters. The molecule has 0 aromatic heterocycles. The fraction of sp³-hybridized carbons (Fsp3) is 0.222. The van der Waals surface area contributed by atoms with Crippen molar-refractivity contribution in [3.63, 3.8) is 0 Å². The standard InChI is InChI=1S/C9H8BrClO2/c1-5(12)9(10)7-3-2-6(13)4-8(7)11/h2-4,9,13H,1H3. The summed E-state index contributed by atoms with van der Waals surface area (Å²) in [6, 6.07) is 4.53. The Balaban J connectivity index is 3.08. The summed E-state index contributed by atoms with van der Waals surface area (Å²) in [7, 11) is 0. The van der Waals surface area contributed by atoms with Crippen LogP contribution in [-0.4, -0.2) is 10.9 Å². The van der Waals surface area contributed by atoms with Crippen molar-refractivity contribution in [1.29, 1.82) is 0 Å². The number of phenolic OH excluding ortho intramolecular Hbond substituents is 1. The monoisotopic (exact) mass is 262 g/mol. The van der Waals surface area contributed by atoms with E-state index in [1.165, 1.54) is 19.1 Å². The fourth-order valence-electron chi connectivity index (χ4n) is 0.941. The molecule has 0 saturated carbocycles. The normalized spacial score (nSPS) is 12.5. The van der Waals surface area contributed by atoms with Crippen LogP contribution >= 0.6 is 27.5 Å². The Morgan fingerprint density at radius 2 is 2.23 bits per heavy atom. The van der Waals surface area contributed by atoms with Crippen LogP contribution in [0.4, 0.5) is 0 Å². The van der Waals surface area contributed by atoms with Crippen LogP contribution in [0, 0.1) is 0 Å². The molecule has 0 heterocycles. The Morgan fingerprint density at radius 1 is 1.62 bits per heavy atom. The number of phenols is 1. The van der Waals surface area contributed by atoms with Crippen LogP contribution < -0.4 is 0 Å². The third kappa shape index (κ3) is 2.45. The second-order valence-electron chi connectivity index (χ2n) is 2.68. The van der Waals surface area contributed by atoms with Crippen molar-refractivity contribution in [3.8, 4) is 5.75 Å². The molecular formula is C9H8BrClO2. The largest absolute Gasteiger partial charge is 0.508 e. The van der Waals surface area contributed by atoms with Crippen molar-refractivity contribution in [2.24, 2.45) is 0 Å². The molecule has 2 nitrogen and oxygen atoms in total. The third-order valence-corrected chi connectivity index (χ3v) is 3.08. The molecule has 70 valence electrons. The lowest BCUT2D eigenvalue weighted by atomic mass is 10.1. The maximum absolute atomic E-state index is 11.0. The zero-order chi connectivity index (χ0) is 10.0. The van der Waals surface area contributed by atoms with Gasteiger partial charge < -0.3 is 5.11 Å². The highest BCUT2D eigenvalue weighted by Crippen LogP contribution is 2.32. The number of Topliss-reactive ketones (excluding diaryl/α,β-unsaturated/α-hetero) is 1. The first-order valence-electron chi connectivity index (χ1n) is 3.65. The summed E-state index contributed by atoms with van der Waals surface area (Å²) in [6.45, 7) is 1.47. The van der Waals surface area contributed by atoms with Crippen LogP contribution in [0.5, 0.6) is 5.75 Å². The second-order valence-corrected chi connectivity index (χ2v) is 4.00. The maximum atomic E-state index is 11.0. The fourth-order valence-corrected chi connectivity index (χ4v) is 1.76. The van der Waals surface area contributed by atoms with E-state index in [1.54, 1.807) is 6.07 Å². The van der Waals surface area contributed by atoms with E-state index in [2.05, 4.69) is 15.9 Å². The molecule has 0 spiro atoms. The van der Waals surface area contributed by atoms with E-state index >= 15 is 0 Å². The second kappa shape index (κ2) is 4.11. The van der Waals surface area contributed by atoms with Crippen molar-refractivity contribution in [2.45, 2.75) is 11.8 Å². The molecule has 0 radical (unpaired) electrons.